The van der Waals surface area contributed by atoms with Gasteiger partial charge in [0.2, 0.25) is 5.95 Å². The molecule has 0 aromatic carbocycles. The minimum atomic E-state index is 0.1000. The van der Waals surface area contributed by atoms with Crippen LogP contribution in [0.4, 0.5) is 5.95 Å². The smallest absolute Gasteiger partial charge is 0.256 e. The lowest BCUT2D eigenvalue weighted by molar-refractivity contribution is 0.0587. The molecule has 2 aromatic rings. The third kappa shape index (κ3) is 3.20. The Morgan fingerprint density at radius 1 is 1.08 bits per heavy atom. The minimum Gasteiger partial charge on any atom is -0.338 e. The SMILES string of the molecule is CSc1ncccc1C(=O)N1C[C@@H]2CC[C@H]1CN(c1ncccn1)C2. The third-order valence-corrected chi connectivity index (χ3v) is 5.72. The van der Waals surface area contributed by atoms with E-state index < -0.39 is 0 Å². The predicted octanol–water partition coefficient (Wildman–Crippen LogP) is 2.33. The number of thioether (sulfide) groups is 1. The van der Waals surface area contributed by atoms with Gasteiger partial charge in [-0.25, -0.2) is 15.0 Å². The van der Waals surface area contributed by atoms with Crippen molar-refractivity contribution in [3.63, 3.8) is 0 Å². The maximum absolute atomic E-state index is 13.2. The number of hydrogen-bond acceptors (Lipinski definition) is 6. The van der Waals surface area contributed by atoms with E-state index in [0.717, 1.165) is 43.5 Å². The Morgan fingerprint density at radius 2 is 1.88 bits per heavy atom. The molecule has 25 heavy (non-hydrogen) atoms. The predicted molar refractivity (Wildman–Crippen MR) is 97.8 cm³/mol. The molecule has 6 nitrogen and oxygen atoms in total. The van der Waals surface area contributed by atoms with E-state index in [9.17, 15) is 4.79 Å². The Labute approximate surface area is 151 Å². The summed E-state index contributed by atoms with van der Waals surface area (Å²) in [6.45, 7) is 2.50. The second-order valence-corrected chi connectivity index (χ2v) is 7.36. The number of amides is 1. The average molecular weight is 355 g/mol. The summed E-state index contributed by atoms with van der Waals surface area (Å²) in [7, 11) is 0. The largest absolute Gasteiger partial charge is 0.338 e. The van der Waals surface area contributed by atoms with Gasteiger partial charge in [0.1, 0.15) is 5.03 Å². The highest BCUT2D eigenvalue weighted by molar-refractivity contribution is 7.98. The van der Waals surface area contributed by atoms with Gasteiger partial charge in [-0.15, -0.1) is 11.8 Å². The summed E-state index contributed by atoms with van der Waals surface area (Å²) < 4.78 is 0. The van der Waals surface area contributed by atoms with Crippen molar-refractivity contribution in [3.05, 3.63) is 42.4 Å². The Bertz CT molecular complexity index is 756. The number of nitrogens with zero attached hydrogens (tertiary/aromatic N) is 5. The molecular weight excluding hydrogens is 334 g/mol. The van der Waals surface area contributed by atoms with Crippen LogP contribution in [0, 0.1) is 5.92 Å². The molecule has 7 heteroatoms. The van der Waals surface area contributed by atoms with E-state index in [-0.39, 0.29) is 11.9 Å². The molecule has 3 fully saturated rings. The van der Waals surface area contributed by atoms with E-state index in [0.29, 0.717) is 11.5 Å². The second kappa shape index (κ2) is 7.00. The van der Waals surface area contributed by atoms with Crippen LogP contribution in [0.15, 0.2) is 41.8 Å². The number of anilines is 1. The highest BCUT2D eigenvalue weighted by Crippen LogP contribution is 2.31. The molecule has 3 saturated heterocycles. The number of piperidine rings is 1. The molecule has 2 bridgehead atoms. The summed E-state index contributed by atoms with van der Waals surface area (Å²) in [6, 6.07) is 5.76. The lowest BCUT2D eigenvalue weighted by Crippen LogP contribution is -2.47. The second-order valence-electron chi connectivity index (χ2n) is 6.57. The van der Waals surface area contributed by atoms with Crippen LogP contribution in [-0.2, 0) is 0 Å². The third-order valence-electron chi connectivity index (χ3n) is 5.00. The van der Waals surface area contributed by atoms with Crippen LogP contribution in [0.25, 0.3) is 0 Å². The van der Waals surface area contributed by atoms with Crippen LogP contribution in [0.1, 0.15) is 23.2 Å². The van der Waals surface area contributed by atoms with Crippen molar-refractivity contribution in [2.45, 2.75) is 23.9 Å². The van der Waals surface area contributed by atoms with Gasteiger partial charge >= 0.3 is 0 Å². The number of fused-ring (bicyclic) bond motifs is 4. The fraction of sp³-hybridized carbons (Fsp3) is 0.444. The van der Waals surface area contributed by atoms with Crippen molar-refractivity contribution in [2.24, 2.45) is 5.92 Å². The first-order valence-corrected chi connectivity index (χ1v) is 9.80. The minimum absolute atomic E-state index is 0.1000. The van der Waals surface area contributed by atoms with Crippen LogP contribution >= 0.6 is 11.8 Å². The van der Waals surface area contributed by atoms with Gasteiger partial charge in [-0.1, -0.05) is 0 Å². The standard InChI is InChI=1S/C18H21N5OS/c1-25-16-15(4-2-7-19-16)17(24)23-11-13-5-6-14(23)12-22(10-13)18-20-8-3-9-21-18/h2-4,7-9,13-14H,5-6,10-12H2,1H3/t13-,14+/m1/s1. The number of aromatic nitrogens is 3. The summed E-state index contributed by atoms with van der Waals surface area (Å²) in [5.41, 5.74) is 0.713. The maximum atomic E-state index is 13.2. The zero-order chi connectivity index (χ0) is 17.2. The van der Waals surface area contributed by atoms with Crippen LogP contribution in [0.5, 0.6) is 0 Å². The molecular formula is C18H21N5OS. The number of carbonyl (C=O) groups excluding carboxylic acids is 1. The highest BCUT2D eigenvalue weighted by Gasteiger charge is 2.38. The maximum Gasteiger partial charge on any atom is 0.256 e. The molecule has 3 aliphatic rings. The fourth-order valence-corrected chi connectivity index (χ4v) is 4.36. The summed E-state index contributed by atoms with van der Waals surface area (Å²) >= 11 is 1.52. The van der Waals surface area contributed by atoms with Crippen LogP contribution in [0.3, 0.4) is 0 Å². The van der Waals surface area contributed by atoms with E-state index in [1.54, 1.807) is 18.6 Å². The number of hydrogen-bond donors (Lipinski definition) is 0. The molecule has 0 N–H and O–H groups in total. The van der Waals surface area contributed by atoms with Gasteiger partial charge < -0.3 is 9.80 Å². The quantitative estimate of drug-likeness (QED) is 0.788. The molecule has 0 spiro atoms. The van der Waals surface area contributed by atoms with Gasteiger partial charge in [0.25, 0.3) is 5.91 Å². The summed E-state index contributed by atoms with van der Waals surface area (Å²) in [5.74, 6) is 1.32. The van der Waals surface area contributed by atoms with Gasteiger partial charge in [0.15, 0.2) is 0 Å². The molecule has 1 amide bonds. The summed E-state index contributed by atoms with van der Waals surface area (Å²) in [6.07, 6.45) is 9.44. The Kier molecular flexibility index (Phi) is 4.57. The van der Waals surface area contributed by atoms with Crippen molar-refractivity contribution in [1.29, 1.82) is 0 Å². The van der Waals surface area contributed by atoms with Gasteiger partial charge in [0.05, 0.1) is 5.56 Å². The van der Waals surface area contributed by atoms with Gasteiger partial charge in [0, 0.05) is 44.3 Å². The zero-order valence-corrected chi connectivity index (χ0v) is 15.0. The average Bonchev–Trinajstić information content (AvgIpc) is 3.00. The fourth-order valence-electron chi connectivity index (χ4n) is 3.82. The van der Waals surface area contributed by atoms with E-state index >= 15 is 0 Å². The van der Waals surface area contributed by atoms with Crippen molar-refractivity contribution in [1.82, 2.24) is 19.9 Å². The van der Waals surface area contributed by atoms with Gasteiger partial charge in [-0.2, -0.15) is 0 Å². The zero-order valence-electron chi connectivity index (χ0n) is 14.2. The van der Waals surface area contributed by atoms with Crippen molar-refractivity contribution >= 4 is 23.6 Å². The molecule has 0 unspecified atom stereocenters. The molecule has 0 aliphatic carbocycles. The first-order valence-electron chi connectivity index (χ1n) is 8.58. The first kappa shape index (κ1) is 16.3. The lowest BCUT2D eigenvalue weighted by atomic mass is 9.94. The van der Waals surface area contributed by atoms with E-state index in [1.807, 2.05) is 29.4 Å². The molecule has 0 radical (unpaired) electrons. The first-order chi connectivity index (χ1) is 12.3. The van der Waals surface area contributed by atoms with Crippen molar-refractivity contribution in [2.75, 3.05) is 30.8 Å². The lowest BCUT2D eigenvalue weighted by Gasteiger charge is -2.36. The number of pyridine rings is 1. The normalized spacial score (nSPS) is 22.8. The summed E-state index contributed by atoms with van der Waals surface area (Å²) in [4.78, 5) is 30.6. The number of rotatable bonds is 3. The van der Waals surface area contributed by atoms with Gasteiger partial charge in [-0.3, -0.25) is 4.79 Å². The molecule has 2 aromatic heterocycles. The van der Waals surface area contributed by atoms with E-state index in [2.05, 4.69) is 19.9 Å². The molecule has 5 rings (SSSR count). The van der Waals surface area contributed by atoms with Crippen LogP contribution < -0.4 is 4.90 Å². The number of carbonyl (C=O) groups is 1. The highest BCUT2D eigenvalue weighted by atomic mass is 32.2. The molecule has 2 atom stereocenters. The molecule has 0 saturated carbocycles. The van der Waals surface area contributed by atoms with E-state index in [4.69, 9.17) is 0 Å². The Morgan fingerprint density at radius 3 is 2.68 bits per heavy atom. The summed E-state index contributed by atoms with van der Waals surface area (Å²) in [5, 5.41) is 0.802. The monoisotopic (exact) mass is 355 g/mol. The van der Waals surface area contributed by atoms with Gasteiger partial charge in [-0.05, 0) is 43.2 Å². The Balaban J connectivity index is 1.59. The topological polar surface area (TPSA) is 62.2 Å². The molecule has 5 heterocycles. The van der Waals surface area contributed by atoms with Crippen LogP contribution in [0.2, 0.25) is 0 Å². The van der Waals surface area contributed by atoms with Crippen molar-refractivity contribution < 1.29 is 4.79 Å². The van der Waals surface area contributed by atoms with Crippen LogP contribution in [-0.4, -0.2) is 57.7 Å². The Hall–Kier alpha value is -2.15. The molecule has 130 valence electrons. The molecule has 3 aliphatic heterocycles. The van der Waals surface area contributed by atoms with Crippen molar-refractivity contribution in [3.8, 4) is 0 Å². The van der Waals surface area contributed by atoms with E-state index in [1.165, 1.54) is 11.8 Å².